The van der Waals surface area contributed by atoms with E-state index in [2.05, 4.69) is 13.0 Å². The predicted molar refractivity (Wildman–Crippen MR) is 99.4 cm³/mol. The molecule has 1 unspecified atom stereocenters. The number of rotatable bonds is 4. The Morgan fingerprint density at radius 2 is 1.92 bits per heavy atom. The molecular weight excluding hydrogens is 312 g/mol. The molecule has 1 aliphatic heterocycles. The first kappa shape index (κ1) is 17.2. The van der Waals surface area contributed by atoms with E-state index < -0.39 is 0 Å². The van der Waals surface area contributed by atoms with Crippen LogP contribution in [0.25, 0.3) is 0 Å². The van der Waals surface area contributed by atoms with Crippen molar-refractivity contribution in [3.63, 3.8) is 0 Å². The monoisotopic (exact) mass is 336 g/mol. The minimum Gasteiger partial charge on any atom is -0.329 e. The van der Waals surface area contributed by atoms with Crippen LogP contribution >= 0.6 is 0 Å². The van der Waals surface area contributed by atoms with E-state index in [4.69, 9.17) is 0 Å². The first-order chi connectivity index (χ1) is 12.0. The summed E-state index contributed by atoms with van der Waals surface area (Å²) in [4.78, 5) is 28.4. The van der Waals surface area contributed by atoms with Crippen LogP contribution in [0.2, 0.25) is 0 Å². The van der Waals surface area contributed by atoms with Gasteiger partial charge in [-0.25, -0.2) is 0 Å². The second-order valence-corrected chi connectivity index (χ2v) is 6.81. The Balaban J connectivity index is 1.76. The SMILES string of the molecule is CC(=O)N(CC(=O)N1c2ccccc2CC1C)Cc1cccc(C)c1. The zero-order valence-corrected chi connectivity index (χ0v) is 15.0. The lowest BCUT2D eigenvalue weighted by Gasteiger charge is -2.27. The van der Waals surface area contributed by atoms with Crippen molar-refractivity contribution in [1.29, 1.82) is 0 Å². The number of para-hydroxylation sites is 1. The molecule has 0 radical (unpaired) electrons. The van der Waals surface area contributed by atoms with E-state index >= 15 is 0 Å². The standard InChI is InChI=1S/C21H24N2O2/c1-15-7-6-8-18(11-15)13-22(17(3)24)14-21(25)23-16(2)12-19-9-4-5-10-20(19)23/h4-11,16H,12-14H2,1-3H3. The van der Waals surface area contributed by atoms with Gasteiger partial charge in [0.25, 0.3) is 0 Å². The zero-order chi connectivity index (χ0) is 18.0. The first-order valence-electron chi connectivity index (χ1n) is 8.66. The fourth-order valence-electron chi connectivity index (χ4n) is 3.49. The largest absolute Gasteiger partial charge is 0.329 e. The van der Waals surface area contributed by atoms with E-state index in [0.29, 0.717) is 6.54 Å². The normalized spacial score (nSPS) is 15.8. The van der Waals surface area contributed by atoms with Crippen LogP contribution in [0.4, 0.5) is 5.69 Å². The summed E-state index contributed by atoms with van der Waals surface area (Å²) in [5.41, 5.74) is 4.35. The maximum atomic E-state index is 12.9. The number of hydrogen-bond acceptors (Lipinski definition) is 2. The molecule has 0 N–H and O–H groups in total. The van der Waals surface area contributed by atoms with Crippen molar-refractivity contribution in [3.05, 3.63) is 65.2 Å². The summed E-state index contributed by atoms with van der Waals surface area (Å²) in [6.07, 6.45) is 0.861. The highest BCUT2D eigenvalue weighted by molar-refractivity contribution is 5.98. The molecule has 2 aromatic carbocycles. The van der Waals surface area contributed by atoms with Gasteiger partial charge in [0.1, 0.15) is 6.54 Å². The average Bonchev–Trinajstić information content (AvgIpc) is 2.90. The fourth-order valence-corrected chi connectivity index (χ4v) is 3.49. The highest BCUT2D eigenvalue weighted by Gasteiger charge is 2.31. The third-order valence-corrected chi connectivity index (χ3v) is 4.70. The van der Waals surface area contributed by atoms with Gasteiger partial charge in [0.15, 0.2) is 0 Å². The number of benzene rings is 2. The molecule has 1 heterocycles. The summed E-state index contributed by atoms with van der Waals surface area (Å²) < 4.78 is 0. The van der Waals surface area contributed by atoms with Crippen LogP contribution < -0.4 is 4.90 Å². The molecule has 1 atom stereocenters. The van der Waals surface area contributed by atoms with E-state index in [1.165, 1.54) is 12.5 Å². The van der Waals surface area contributed by atoms with Crippen molar-refractivity contribution < 1.29 is 9.59 Å². The molecule has 0 aliphatic carbocycles. The number of aryl methyl sites for hydroxylation is 1. The molecule has 0 saturated carbocycles. The molecule has 25 heavy (non-hydrogen) atoms. The third-order valence-electron chi connectivity index (χ3n) is 4.70. The van der Waals surface area contributed by atoms with E-state index in [1.807, 2.05) is 54.3 Å². The molecule has 130 valence electrons. The molecular formula is C21H24N2O2. The number of fused-ring (bicyclic) bond motifs is 1. The lowest BCUT2D eigenvalue weighted by Crippen LogP contribution is -2.44. The Bertz CT molecular complexity index is 800. The van der Waals surface area contributed by atoms with Gasteiger partial charge in [-0.3, -0.25) is 9.59 Å². The van der Waals surface area contributed by atoms with Gasteiger partial charge in [-0.05, 0) is 37.5 Å². The van der Waals surface area contributed by atoms with E-state index in [0.717, 1.165) is 23.2 Å². The van der Waals surface area contributed by atoms with Crippen molar-refractivity contribution in [2.75, 3.05) is 11.4 Å². The van der Waals surface area contributed by atoms with Crippen LogP contribution in [0.15, 0.2) is 48.5 Å². The van der Waals surface area contributed by atoms with Gasteiger partial charge in [0, 0.05) is 25.2 Å². The lowest BCUT2D eigenvalue weighted by molar-refractivity contribution is -0.134. The molecule has 4 heteroatoms. The molecule has 4 nitrogen and oxygen atoms in total. The maximum Gasteiger partial charge on any atom is 0.246 e. The lowest BCUT2D eigenvalue weighted by atomic mass is 10.1. The first-order valence-corrected chi connectivity index (χ1v) is 8.66. The topological polar surface area (TPSA) is 40.6 Å². The Labute approximate surface area is 149 Å². The van der Waals surface area contributed by atoms with Crippen LogP contribution in [-0.4, -0.2) is 29.3 Å². The van der Waals surface area contributed by atoms with Gasteiger partial charge >= 0.3 is 0 Å². The summed E-state index contributed by atoms with van der Waals surface area (Å²) >= 11 is 0. The van der Waals surface area contributed by atoms with Crippen molar-refractivity contribution in [3.8, 4) is 0 Å². The summed E-state index contributed by atoms with van der Waals surface area (Å²) in [7, 11) is 0. The Morgan fingerprint density at radius 3 is 2.64 bits per heavy atom. The number of anilines is 1. The highest BCUT2D eigenvalue weighted by atomic mass is 16.2. The van der Waals surface area contributed by atoms with Gasteiger partial charge in [-0.2, -0.15) is 0 Å². The van der Waals surface area contributed by atoms with Crippen molar-refractivity contribution in [2.45, 2.75) is 39.8 Å². The third kappa shape index (κ3) is 3.73. The van der Waals surface area contributed by atoms with Crippen LogP contribution in [0.3, 0.4) is 0 Å². The zero-order valence-electron chi connectivity index (χ0n) is 15.0. The summed E-state index contributed by atoms with van der Waals surface area (Å²) in [5.74, 6) is -0.115. The smallest absolute Gasteiger partial charge is 0.246 e. The minimum absolute atomic E-state index is 0.0275. The van der Waals surface area contributed by atoms with E-state index in [1.54, 1.807) is 4.90 Å². The molecule has 2 aromatic rings. The molecule has 0 bridgehead atoms. The van der Waals surface area contributed by atoms with Gasteiger partial charge in [-0.1, -0.05) is 48.0 Å². The van der Waals surface area contributed by atoms with Crippen molar-refractivity contribution in [2.24, 2.45) is 0 Å². The summed E-state index contributed by atoms with van der Waals surface area (Å²) in [6, 6.07) is 16.2. The highest BCUT2D eigenvalue weighted by Crippen LogP contribution is 2.31. The van der Waals surface area contributed by atoms with E-state index in [-0.39, 0.29) is 24.4 Å². The summed E-state index contributed by atoms with van der Waals surface area (Å²) in [5, 5.41) is 0. The van der Waals surface area contributed by atoms with Gasteiger partial charge in [-0.15, -0.1) is 0 Å². The van der Waals surface area contributed by atoms with Crippen LogP contribution in [0.5, 0.6) is 0 Å². The Hall–Kier alpha value is -2.62. The molecule has 0 fully saturated rings. The number of carbonyl (C=O) groups excluding carboxylic acids is 2. The Kier molecular flexibility index (Phi) is 4.88. The Morgan fingerprint density at radius 1 is 1.16 bits per heavy atom. The van der Waals surface area contributed by atoms with Crippen LogP contribution in [0.1, 0.15) is 30.5 Å². The molecule has 2 amide bonds. The van der Waals surface area contributed by atoms with Crippen molar-refractivity contribution >= 4 is 17.5 Å². The number of nitrogens with zero attached hydrogens (tertiary/aromatic N) is 2. The molecule has 0 aromatic heterocycles. The minimum atomic E-state index is -0.0880. The maximum absolute atomic E-state index is 12.9. The van der Waals surface area contributed by atoms with Gasteiger partial charge in [0.2, 0.25) is 11.8 Å². The number of carbonyl (C=O) groups is 2. The van der Waals surface area contributed by atoms with E-state index in [9.17, 15) is 9.59 Å². The molecule has 3 rings (SSSR count). The van der Waals surface area contributed by atoms with Crippen molar-refractivity contribution in [1.82, 2.24) is 4.90 Å². The molecule has 1 aliphatic rings. The number of hydrogen-bond donors (Lipinski definition) is 0. The van der Waals surface area contributed by atoms with Crippen LogP contribution in [-0.2, 0) is 22.6 Å². The number of amides is 2. The average molecular weight is 336 g/mol. The van der Waals surface area contributed by atoms with Crippen LogP contribution in [0, 0.1) is 6.92 Å². The quantitative estimate of drug-likeness (QED) is 0.859. The second kappa shape index (κ2) is 7.09. The van der Waals surface area contributed by atoms with Gasteiger partial charge in [0.05, 0.1) is 0 Å². The molecule has 0 saturated heterocycles. The fraction of sp³-hybridized carbons (Fsp3) is 0.333. The predicted octanol–water partition coefficient (Wildman–Crippen LogP) is 3.32. The second-order valence-electron chi connectivity index (χ2n) is 6.81. The molecule has 0 spiro atoms. The summed E-state index contributed by atoms with van der Waals surface area (Å²) in [6.45, 7) is 6.14. The van der Waals surface area contributed by atoms with Gasteiger partial charge < -0.3 is 9.80 Å².